The van der Waals surface area contributed by atoms with Gasteiger partial charge in [0.2, 0.25) is 5.91 Å². The fourth-order valence-corrected chi connectivity index (χ4v) is 1.75. The van der Waals surface area contributed by atoms with Gasteiger partial charge in [0.1, 0.15) is 17.7 Å². The minimum absolute atomic E-state index is 0.0230. The van der Waals surface area contributed by atoms with Crippen LogP contribution in [0, 0.1) is 39.9 Å². The van der Waals surface area contributed by atoms with Gasteiger partial charge in [0, 0.05) is 13.0 Å². The zero-order valence-corrected chi connectivity index (χ0v) is 9.18. The van der Waals surface area contributed by atoms with Crippen molar-refractivity contribution in [1.29, 1.82) is 15.8 Å². The van der Waals surface area contributed by atoms with Crippen molar-refractivity contribution in [3.8, 4) is 18.2 Å². The largest absolute Gasteiger partial charge is 0.330 e. The van der Waals surface area contributed by atoms with Crippen LogP contribution < -0.4 is 5.73 Å². The van der Waals surface area contributed by atoms with Gasteiger partial charge in [0.25, 0.3) is 0 Å². The van der Waals surface area contributed by atoms with Gasteiger partial charge in [0.05, 0.1) is 18.2 Å². The quantitative estimate of drug-likeness (QED) is 0.684. The van der Waals surface area contributed by atoms with E-state index in [1.165, 1.54) is 4.90 Å². The van der Waals surface area contributed by atoms with Crippen molar-refractivity contribution in [2.24, 2.45) is 11.7 Å². The molecule has 1 heterocycles. The Kier molecular flexibility index (Phi) is 4.22. The van der Waals surface area contributed by atoms with Gasteiger partial charge in [0.15, 0.2) is 0 Å². The van der Waals surface area contributed by atoms with Crippen molar-refractivity contribution >= 4 is 5.91 Å². The molecule has 1 fully saturated rings. The smallest absolute Gasteiger partial charge is 0.227 e. The number of hydrogen-bond donors (Lipinski definition) is 1. The summed E-state index contributed by atoms with van der Waals surface area (Å²) in [5, 5.41) is 26.3. The third-order valence-corrected chi connectivity index (χ3v) is 2.62. The number of amides is 1. The molecule has 0 spiro atoms. The van der Waals surface area contributed by atoms with E-state index in [1.54, 1.807) is 12.1 Å². The molecule has 0 aliphatic carbocycles. The second-order valence-corrected chi connectivity index (χ2v) is 3.69. The number of rotatable bonds is 3. The number of allylic oxidation sites excluding steroid dienone is 2. The molecule has 1 aliphatic heterocycles. The van der Waals surface area contributed by atoms with Crippen molar-refractivity contribution < 1.29 is 4.79 Å². The molecule has 0 saturated carbocycles. The summed E-state index contributed by atoms with van der Waals surface area (Å²) < 4.78 is 0. The summed E-state index contributed by atoms with van der Waals surface area (Å²) in [6.45, 7) is 0.746. The van der Waals surface area contributed by atoms with E-state index in [4.69, 9.17) is 21.5 Å². The molecular formula is C11H11N5O. The Morgan fingerprint density at radius 1 is 1.41 bits per heavy atom. The van der Waals surface area contributed by atoms with Gasteiger partial charge in [-0.25, -0.2) is 0 Å². The minimum Gasteiger partial charge on any atom is -0.330 e. The summed E-state index contributed by atoms with van der Waals surface area (Å²) in [7, 11) is 0. The molecule has 1 saturated heterocycles. The SMILES string of the molecule is N#CCC(=C(C#N)C#N)N1CC(CN)CC1=O. The van der Waals surface area contributed by atoms with Crippen molar-refractivity contribution in [1.82, 2.24) is 4.90 Å². The van der Waals surface area contributed by atoms with E-state index in [1.807, 2.05) is 6.07 Å². The maximum absolute atomic E-state index is 11.7. The Labute approximate surface area is 99.1 Å². The molecule has 1 aliphatic rings. The van der Waals surface area contributed by atoms with Crippen molar-refractivity contribution in [3.05, 3.63) is 11.3 Å². The minimum atomic E-state index is -0.186. The molecule has 1 amide bonds. The lowest BCUT2D eigenvalue weighted by molar-refractivity contribution is -0.126. The van der Waals surface area contributed by atoms with Gasteiger partial charge >= 0.3 is 0 Å². The first-order valence-electron chi connectivity index (χ1n) is 5.08. The van der Waals surface area contributed by atoms with Gasteiger partial charge in [-0.3, -0.25) is 4.79 Å². The molecule has 17 heavy (non-hydrogen) atoms. The van der Waals surface area contributed by atoms with E-state index in [0.717, 1.165) is 0 Å². The van der Waals surface area contributed by atoms with E-state index in [0.29, 0.717) is 19.5 Å². The fourth-order valence-electron chi connectivity index (χ4n) is 1.75. The summed E-state index contributed by atoms with van der Waals surface area (Å²) in [4.78, 5) is 13.0. The summed E-state index contributed by atoms with van der Waals surface area (Å²) in [5.41, 5.74) is 5.49. The van der Waals surface area contributed by atoms with E-state index in [9.17, 15) is 4.79 Å². The lowest BCUT2D eigenvalue weighted by Gasteiger charge is -2.18. The molecule has 86 valence electrons. The molecule has 0 aromatic rings. The molecule has 0 aromatic heterocycles. The van der Waals surface area contributed by atoms with Crippen LogP contribution in [0.3, 0.4) is 0 Å². The zero-order chi connectivity index (χ0) is 12.8. The highest BCUT2D eigenvalue weighted by Gasteiger charge is 2.32. The number of nitriles is 3. The average molecular weight is 229 g/mol. The maximum atomic E-state index is 11.7. The second kappa shape index (κ2) is 5.65. The molecule has 0 bridgehead atoms. The molecule has 1 rings (SSSR count). The first-order chi connectivity index (χ1) is 8.17. The standard InChI is InChI=1S/C11H11N5O/c12-2-1-10(9(5-14)6-15)16-7-8(4-13)3-11(16)17/h8H,1,3-4,7,13H2. The Morgan fingerprint density at radius 3 is 2.47 bits per heavy atom. The summed E-state index contributed by atoms with van der Waals surface area (Å²) >= 11 is 0. The van der Waals surface area contributed by atoms with Gasteiger partial charge < -0.3 is 10.6 Å². The van der Waals surface area contributed by atoms with Crippen molar-refractivity contribution in [3.63, 3.8) is 0 Å². The summed E-state index contributed by atoms with van der Waals surface area (Å²) in [5.74, 6) is -0.163. The molecule has 0 radical (unpaired) electrons. The van der Waals surface area contributed by atoms with Gasteiger partial charge in [-0.2, -0.15) is 15.8 Å². The molecular weight excluding hydrogens is 218 g/mol. The van der Waals surface area contributed by atoms with Crippen LogP contribution in [0.15, 0.2) is 11.3 Å². The summed E-state index contributed by atoms with van der Waals surface area (Å²) in [6, 6.07) is 5.28. The predicted octanol–water partition coefficient (Wildman–Crippen LogP) is 0.00854. The first kappa shape index (κ1) is 12.7. The average Bonchev–Trinajstić information content (AvgIpc) is 2.71. The molecule has 6 heteroatoms. The van der Waals surface area contributed by atoms with Crippen LogP contribution in [0.5, 0.6) is 0 Å². The Hall–Kier alpha value is -2.36. The van der Waals surface area contributed by atoms with Gasteiger partial charge in [-0.1, -0.05) is 0 Å². The first-order valence-corrected chi connectivity index (χ1v) is 5.08. The Morgan fingerprint density at radius 2 is 2.06 bits per heavy atom. The maximum Gasteiger partial charge on any atom is 0.227 e. The van der Waals surface area contributed by atoms with Crippen LogP contribution in [0.2, 0.25) is 0 Å². The molecule has 1 atom stereocenters. The third-order valence-electron chi connectivity index (χ3n) is 2.62. The number of hydrogen-bond acceptors (Lipinski definition) is 5. The van der Waals surface area contributed by atoms with Crippen molar-refractivity contribution in [2.75, 3.05) is 13.1 Å². The highest BCUT2D eigenvalue weighted by Crippen LogP contribution is 2.24. The number of carbonyl (C=O) groups excluding carboxylic acids is 1. The number of nitrogens with two attached hydrogens (primary N) is 1. The molecule has 1 unspecified atom stereocenters. The molecule has 0 aromatic carbocycles. The monoisotopic (exact) mass is 229 g/mol. The van der Waals surface area contributed by atoms with Crippen LogP contribution in [0.4, 0.5) is 0 Å². The van der Waals surface area contributed by atoms with Gasteiger partial charge in [-0.05, 0) is 12.5 Å². The highest BCUT2D eigenvalue weighted by molar-refractivity contribution is 5.81. The zero-order valence-electron chi connectivity index (χ0n) is 9.18. The molecule has 2 N–H and O–H groups in total. The van der Waals surface area contributed by atoms with E-state index < -0.39 is 0 Å². The highest BCUT2D eigenvalue weighted by atomic mass is 16.2. The Bertz CT molecular complexity index is 458. The van der Waals surface area contributed by atoms with Crippen LogP contribution in [0.25, 0.3) is 0 Å². The van der Waals surface area contributed by atoms with Crippen LogP contribution >= 0.6 is 0 Å². The van der Waals surface area contributed by atoms with E-state index in [-0.39, 0.29) is 29.5 Å². The van der Waals surface area contributed by atoms with Crippen LogP contribution in [0.1, 0.15) is 12.8 Å². The van der Waals surface area contributed by atoms with Crippen LogP contribution in [-0.4, -0.2) is 23.9 Å². The number of likely N-dealkylation sites (tertiary alicyclic amines) is 1. The van der Waals surface area contributed by atoms with Crippen molar-refractivity contribution in [2.45, 2.75) is 12.8 Å². The summed E-state index contributed by atoms with van der Waals surface area (Å²) in [6.07, 6.45) is 0.176. The lowest BCUT2D eigenvalue weighted by Crippen LogP contribution is -2.26. The number of nitrogens with zero attached hydrogens (tertiary/aromatic N) is 4. The number of carbonyl (C=O) groups is 1. The van der Waals surface area contributed by atoms with E-state index >= 15 is 0 Å². The van der Waals surface area contributed by atoms with E-state index in [2.05, 4.69) is 0 Å². The topological polar surface area (TPSA) is 118 Å². The van der Waals surface area contributed by atoms with Crippen LogP contribution in [-0.2, 0) is 4.79 Å². The predicted molar refractivity (Wildman–Crippen MR) is 57.4 cm³/mol. The third kappa shape index (κ3) is 2.60. The fraction of sp³-hybridized carbons (Fsp3) is 0.455. The normalized spacial score (nSPS) is 18.1. The lowest BCUT2D eigenvalue weighted by atomic mass is 10.1. The Balaban J connectivity index is 3.08. The van der Waals surface area contributed by atoms with Gasteiger partial charge in [-0.15, -0.1) is 0 Å². The molecule has 6 nitrogen and oxygen atoms in total. The second-order valence-electron chi connectivity index (χ2n) is 3.69.